The van der Waals surface area contributed by atoms with E-state index in [1.54, 1.807) is 0 Å². The third-order valence-corrected chi connectivity index (χ3v) is 2.32. The lowest BCUT2D eigenvalue weighted by Gasteiger charge is -2.35. The highest BCUT2D eigenvalue weighted by Crippen LogP contribution is 2.11. The molecule has 0 aliphatic carbocycles. The van der Waals surface area contributed by atoms with E-state index in [2.05, 4.69) is 6.58 Å². The molecule has 0 aromatic carbocycles. The third-order valence-electron chi connectivity index (χ3n) is 2.32. The van der Waals surface area contributed by atoms with Crippen LogP contribution in [0.3, 0.4) is 0 Å². The van der Waals surface area contributed by atoms with Crippen LogP contribution < -0.4 is 0 Å². The van der Waals surface area contributed by atoms with E-state index >= 15 is 0 Å². The van der Waals surface area contributed by atoms with Crippen LogP contribution in [0.4, 0.5) is 0 Å². The summed E-state index contributed by atoms with van der Waals surface area (Å²) in [5.74, 6) is -0.977. The number of carboxylic acids is 1. The van der Waals surface area contributed by atoms with Gasteiger partial charge in [0.1, 0.15) is 0 Å². The maximum atomic E-state index is 10.6. The summed E-state index contributed by atoms with van der Waals surface area (Å²) in [6.07, 6.45) is -0.215. The van der Waals surface area contributed by atoms with E-state index in [9.17, 15) is 4.79 Å². The van der Waals surface area contributed by atoms with Crippen LogP contribution in [0.2, 0.25) is 0 Å². The first kappa shape index (κ1) is 12.2. The van der Waals surface area contributed by atoms with Gasteiger partial charge in [-0.2, -0.15) is 0 Å². The van der Waals surface area contributed by atoms with Crippen LogP contribution in [0.15, 0.2) is 12.2 Å². The Balaban J connectivity index is 2.47. The number of morpholine rings is 1. The number of carbonyl (C=O) groups is 1. The van der Waals surface area contributed by atoms with Crippen LogP contribution in [0.1, 0.15) is 6.92 Å². The molecule has 5 heteroatoms. The lowest BCUT2D eigenvalue weighted by Crippen LogP contribution is -2.48. The van der Waals surface area contributed by atoms with Crippen molar-refractivity contribution in [1.29, 1.82) is 0 Å². The van der Waals surface area contributed by atoms with Crippen molar-refractivity contribution in [2.45, 2.75) is 19.1 Å². The highest BCUT2D eigenvalue weighted by Gasteiger charge is 2.25. The van der Waals surface area contributed by atoms with E-state index < -0.39 is 5.97 Å². The Labute approximate surface area is 89.0 Å². The summed E-state index contributed by atoms with van der Waals surface area (Å²) in [5.41, 5.74) is 0.167. The fraction of sp³-hybridized carbons (Fsp3) is 0.700. The predicted octanol–water partition coefficient (Wildman–Crippen LogP) is -0.291. The molecule has 1 fully saturated rings. The average Bonchev–Trinajstić information content (AvgIpc) is 2.16. The van der Waals surface area contributed by atoms with Gasteiger partial charge in [0.2, 0.25) is 0 Å². The zero-order valence-corrected chi connectivity index (χ0v) is 8.85. The highest BCUT2D eigenvalue weighted by atomic mass is 16.5. The molecule has 2 atom stereocenters. The van der Waals surface area contributed by atoms with Gasteiger partial charge in [-0.05, 0) is 6.92 Å². The fourth-order valence-corrected chi connectivity index (χ4v) is 1.71. The van der Waals surface area contributed by atoms with E-state index in [-0.39, 0.29) is 24.4 Å². The van der Waals surface area contributed by atoms with Gasteiger partial charge in [0.25, 0.3) is 0 Å². The minimum absolute atomic E-state index is 0.0116. The van der Waals surface area contributed by atoms with Gasteiger partial charge >= 0.3 is 5.97 Å². The van der Waals surface area contributed by atoms with Crippen molar-refractivity contribution in [3.8, 4) is 0 Å². The van der Waals surface area contributed by atoms with Crippen LogP contribution in [-0.4, -0.2) is 59.5 Å². The summed E-state index contributed by atoms with van der Waals surface area (Å²) in [5, 5.41) is 17.7. The molecule has 1 heterocycles. The van der Waals surface area contributed by atoms with Gasteiger partial charge in [0.05, 0.1) is 18.8 Å². The Hall–Kier alpha value is -0.910. The molecule has 0 aromatic rings. The monoisotopic (exact) mass is 215 g/mol. The zero-order chi connectivity index (χ0) is 11.4. The third kappa shape index (κ3) is 3.62. The lowest BCUT2D eigenvalue weighted by atomic mass is 10.2. The Bertz CT molecular complexity index is 254. The van der Waals surface area contributed by atoms with Crippen LogP contribution in [-0.2, 0) is 9.53 Å². The summed E-state index contributed by atoms with van der Waals surface area (Å²) in [4.78, 5) is 12.5. The maximum Gasteiger partial charge on any atom is 0.332 e. The molecule has 1 saturated heterocycles. The maximum absolute atomic E-state index is 10.6. The Morgan fingerprint density at radius 1 is 1.60 bits per heavy atom. The molecule has 0 amide bonds. The standard InChI is InChI=1S/C10H17NO4/c1-7(10(13)14)3-11-4-8(2)15-9(5-11)6-12/h8-9,12H,1,3-6H2,2H3,(H,13,14). The molecule has 5 nitrogen and oxygen atoms in total. The molecule has 0 bridgehead atoms. The number of carboxylic acid groups (broad SMARTS) is 1. The molecule has 1 aliphatic heterocycles. The minimum atomic E-state index is -0.977. The molecule has 0 aromatic heterocycles. The number of ether oxygens (including phenoxy) is 1. The molecule has 1 aliphatic rings. The van der Waals surface area contributed by atoms with Crippen molar-refractivity contribution >= 4 is 5.97 Å². The molecule has 0 spiro atoms. The van der Waals surface area contributed by atoms with Gasteiger partial charge in [-0.1, -0.05) is 6.58 Å². The summed E-state index contributed by atoms with van der Waals surface area (Å²) in [7, 11) is 0. The number of rotatable bonds is 4. The van der Waals surface area contributed by atoms with E-state index in [4.69, 9.17) is 14.9 Å². The zero-order valence-electron chi connectivity index (χ0n) is 8.85. The van der Waals surface area contributed by atoms with Gasteiger partial charge < -0.3 is 14.9 Å². The van der Waals surface area contributed by atoms with Crippen molar-refractivity contribution in [1.82, 2.24) is 4.90 Å². The van der Waals surface area contributed by atoms with E-state index in [1.807, 2.05) is 11.8 Å². The Morgan fingerprint density at radius 3 is 2.80 bits per heavy atom. The quantitative estimate of drug-likeness (QED) is 0.631. The Kier molecular flexibility index (Phi) is 4.26. The first-order valence-electron chi connectivity index (χ1n) is 4.92. The molecule has 2 unspecified atom stereocenters. The molecule has 1 rings (SSSR count). The van der Waals surface area contributed by atoms with E-state index in [0.29, 0.717) is 19.6 Å². The van der Waals surface area contributed by atoms with E-state index in [1.165, 1.54) is 0 Å². The molecule has 2 N–H and O–H groups in total. The molecule has 0 saturated carbocycles. The Morgan fingerprint density at radius 2 is 2.27 bits per heavy atom. The lowest BCUT2D eigenvalue weighted by molar-refractivity contribution is -0.133. The summed E-state index contributed by atoms with van der Waals surface area (Å²) >= 11 is 0. The largest absolute Gasteiger partial charge is 0.478 e. The fourth-order valence-electron chi connectivity index (χ4n) is 1.71. The number of nitrogens with zero attached hydrogens (tertiary/aromatic N) is 1. The number of hydrogen-bond acceptors (Lipinski definition) is 4. The number of aliphatic hydroxyl groups is 1. The van der Waals surface area contributed by atoms with Crippen LogP contribution in [0.25, 0.3) is 0 Å². The molecule has 0 radical (unpaired) electrons. The molecular formula is C10H17NO4. The normalized spacial score (nSPS) is 27.6. The van der Waals surface area contributed by atoms with E-state index in [0.717, 1.165) is 0 Å². The number of hydrogen-bond donors (Lipinski definition) is 2. The minimum Gasteiger partial charge on any atom is -0.478 e. The summed E-state index contributed by atoms with van der Waals surface area (Å²) < 4.78 is 5.44. The number of aliphatic carboxylic acids is 1. The first-order valence-corrected chi connectivity index (χ1v) is 4.92. The van der Waals surface area contributed by atoms with Gasteiger partial charge in [0.15, 0.2) is 0 Å². The smallest absolute Gasteiger partial charge is 0.332 e. The summed E-state index contributed by atoms with van der Waals surface area (Å²) in [6.45, 7) is 6.88. The molecule has 15 heavy (non-hydrogen) atoms. The topological polar surface area (TPSA) is 70.0 Å². The van der Waals surface area contributed by atoms with Crippen molar-refractivity contribution < 1.29 is 19.7 Å². The highest BCUT2D eigenvalue weighted by molar-refractivity contribution is 5.86. The molecular weight excluding hydrogens is 198 g/mol. The van der Waals surface area contributed by atoms with Crippen LogP contribution >= 0.6 is 0 Å². The number of aliphatic hydroxyl groups excluding tert-OH is 1. The van der Waals surface area contributed by atoms with Crippen LogP contribution in [0.5, 0.6) is 0 Å². The van der Waals surface area contributed by atoms with Gasteiger partial charge in [-0.25, -0.2) is 4.79 Å². The van der Waals surface area contributed by atoms with Crippen molar-refractivity contribution in [2.75, 3.05) is 26.2 Å². The molecule has 86 valence electrons. The second-order valence-corrected chi connectivity index (χ2v) is 3.85. The first-order chi connectivity index (χ1) is 7.02. The summed E-state index contributed by atoms with van der Waals surface area (Å²) in [6, 6.07) is 0. The van der Waals surface area contributed by atoms with Gasteiger partial charge in [0, 0.05) is 25.2 Å². The second kappa shape index (κ2) is 5.25. The average molecular weight is 215 g/mol. The van der Waals surface area contributed by atoms with Crippen molar-refractivity contribution in [2.24, 2.45) is 0 Å². The SMILES string of the molecule is C=C(CN1CC(C)OC(CO)C1)C(=O)O. The van der Waals surface area contributed by atoms with Gasteiger partial charge in [-0.15, -0.1) is 0 Å². The van der Waals surface area contributed by atoms with Gasteiger partial charge in [-0.3, -0.25) is 4.90 Å². The van der Waals surface area contributed by atoms with Crippen molar-refractivity contribution in [3.05, 3.63) is 12.2 Å². The predicted molar refractivity (Wildman–Crippen MR) is 54.6 cm³/mol. The second-order valence-electron chi connectivity index (χ2n) is 3.85. The van der Waals surface area contributed by atoms with Crippen molar-refractivity contribution in [3.63, 3.8) is 0 Å². The van der Waals surface area contributed by atoms with Crippen LogP contribution in [0, 0.1) is 0 Å².